The Balaban J connectivity index is 2.49. The van der Waals surface area contributed by atoms with E-state index in [1.165, 1.54) is 0 Å². The molecule has 0 saturated heterocycles. The lowest BCUT2D eigenvalue weighted by molar-refractivity contribution is 0.238. The molecule has 15 heavy (non-hydrogen) atoms. The molecule has 0 spiro atoms. The van der Waals surface area contributed by atoms with Crippen molar-refractivity contribution in [2.45, 2.75) is 19.9 Å². The van der Waals surface area contributed by atoms with Gasteiger partial charge in [-0.3, -0.25) is 0 Å². The van der Waals surface area contributed by atoms with Gasteiger partial charge in [0.1, 0.15) is 18.2 Å². The molecule has 1 unspecified atom stereocenters. The van der Waals surface area contributed by atoms with E-state index in [-0.39, 0.29) is 0 Å². The molecule has 1 rings (SSSR count). The van der Waals surface area contributed by atoms with Gasteiger partial charge < -0.3 is 15.8 Å². The van der Waals surface area contributed by atoms with Crippen molar-refractivity contribution >= 4 is 5.82 Å². The molecule has 0 aliphatic rings. The van der Waals surface area contributed by atoms with Gasteiger partial charge in [0, 0.05) is 18.3 Å². The Hall–Kier alpha value is -1.29. The van der Waals surface area contributed by atoms with Gasteiger partial charge in [0.15, 0.2) is 0 Å². The number of rotatable bonds is 5. The first kappa shape index (κ1) is 11.8. The zero-order valence-electron chi connectivity index (χ0n) is 9.53. The largest absolute Gasteiger partial charge is 0.492 e. The van der Waals surface area contributed by atoms with Crippen molar-refractivity contribution in [2.75, 3.05) is 19.4 Å². The van der Waals surface area contributed by atoms with Gasteiger partial charge in [0.25, 0.3) is 0 Å². The van der Waals surface area contributed by atoms with Crippen LogP contribution in [0.1, 0.15) is 13.8 Å². The first-order valence-electron chi connectivity index (χ1n) is 5.15. The number of anilines is 1. The molecule has 84 valence electrons. The highest BCUT2D eigenvalue weighted by molar-refractivity contribution is 5.35. The number of nitrogens with two attached hydrogens (primary N) is 1. The van der Waals surface area contributed by atoms with Crippen LogP contribution in [-0.4, -0.2) is 24.7 Å². The zero-order chi connectivity index (χ0) is 11.3. The number of hydrogen-bond acceptors (Lipinski definition) is 4. The minimum absolute atomic E-state index is 0.347. The summed E-state index contributed by atoms with van der Waals surface area (Å²) in [5, 5.41) is 3.21. The molecule has 1 aromatic rings. The molecule has 0 saturated carbocycles. The molecule has 1 heterocycles. The molecule has 0 aliphatic heterocycles. The van der Waals surface area contributed by atoms with Crippen LogP contribution >= 0.6 is 0 Å². The Labute approximate surface area is 90.8 Å². The van der Waals surface area contributed by atoms with Gasteiger partial charge in [-0.2, -0.15) is 0 Å². The number of aromatic nitrogens is 1. The van der Waals surface area contributed by atoms with E-state index in [9.17, 15) is 0 Å². The molecule has 0 aromatic carbocycles. The van der Waals surface area contributed by atoms with Crippen molar-refractivity contribution in [3.63, 3.8) is 0 Å². The molecule has 0 fully saturated rings. The molecule has 0 bridgehead atoms. The van der Waals surface area contributed by atoms with Crippen molar-refractivity contribution < 1.29 is 4.74 Å². The Bertz CT molecular complexity index is 302. The summed E-state index contributed by atoms with van der Waals surface area (Å²) >= 11 is 0. The van der Waals surface area contributed by atoms with Gasteiger partial charge in [0.2, 0.25) is 0 Å². The highest BCUT2D eigenvalue weighted by Gasteiger charge is 2.11. The molecule has 3 N–H and O–H groups in total. The molecule has 0 amide bonds. The van der Waals surface area contributed by atoms with Crippen molar-refractivity contribution in [1.82, 2.24) is 10.3 Å². The van der Waals surface area contributed by atoms with E-state index in [1.54, 1.807) is 12.3 Å². The predicted octanol–water partition coefficient (Wildman–Crippen LogP) is 1.29. The molecule has 0 radical (unpaired) electrons. The maximum absolute atomic E-state index is 5.62. The van der Waals surface area contributed by atoms with E-state index in [0.717, 1.165) is 5.75 Å². The Morgan fingerprint density at radius 2 is 2.27 bits per heavy atom. The van der Waals surface area contributed by atoms with Gasteiger partial charge in [-0.05, 0) is 19.0 Å². The summed E-state index contributed by atoms with van der Waals surface area (Å²) in [7, 11) is 1.94. The summed E-state index contributed by atoms with van der Waals surface area (Å²) in [5.41, 5.74) is 5.55. The summed E-state index contributed by atoms with van der Waals surface area (Å²) in [6.45, 7) is 4.95. The second-order valence-electron chi connectivity index (χ2n) is 3.87. The van der Waals surface area contributed by atoms with Crippen molar-refractivity contribution in [3.05, 3.63) is 18.3 Å². The monoisotopic (exact) mass is 209 g/mol. The number of nitrogens with zero attached hydrogens (tertiary/aromatic N) is 1. The van der Waals surface area contributed by atoms with E-state index in [0.29, 0.717) is 24.4 Å². The predicted molar refractivity (Wildman–Crippen MR) is 61.8 cm³/mol. The third-order valence-electron chi connectivity index (χ3n) is 2.36. The van der Waals surface area contributed by atoms with E-state index >= 15 is 0 Å². The molecule has 0 aliphatic carbocycles. The van der Waals surface area contributed by atoms with Crippen LogP contribution in [0.2, 0.25) is 0 Å². The number of likely N-dealkylation sites (N-methyl/N-ethyl adjacent to an activating group) is 1. The number of ether oxygens (including phenoxy) is 1. The first-order valence-corrected chi connectivity index (χ1v) is 5.15. The van der Waals surface area contributed by atoms with Gasteiger partial charge in [0.05, 0.1) is 0 Å². The topological polar surface area (TPSA) is 60.2 Å². The van der Waals surface area contributed by atoms with Gasteiger partial charge >= 0.3 is 0 Å². The molecule has 1 atom stereocenters. The summed E-state index contributed by atoms with van der Waals surface area (Å²) in [6, 6.07) is 3.88. The number of pyridine rings is 1. The second kappa shape index (κ2) is 5.56. The van der Waals surface area contributed by atoms with Crippen LogP contribution in [0.4, 0.5) is 5.82 Å². The fourth-order valence-electron chi connectivity index (χ4n) is 1.31. The lowest BCUT2D eigenvalue weighted by Crippen LogP contribution is -2.36. The fourth-order valence-corrected chi connectivity index (χ4v) is 1.31. The van der Waals surface area contributed by atoms with Crippen molar-refractivity contribution in [2.24, 2.45) is 5.92 Å². The fraction of sp³-hybridized carbons (Fsp3) is 0.545. The van der Waals surface area contributed by atoms with Gasteiger partial charge in [-0.1, -0.05) is 13.8 Å². The average Bonchev–Trinajstić information content (AvgIpc) is 2.18. The van der Waals surface area contributed by atoms with Crippen LogP contribution in [0.5, 0.6) is 5.75 Å². The maximum atomic E-state index is 5.62. The smallest absolute Gasteiger partial charge is 0.126 e. The maximum Gasteiger partial charge on any atom is 0.126 e. The van der Waals surface area contributed by atoms with Crippen molar-refractivity contribution in [3.8, 4) is 5.75 Å². The van der Waals surface area contributed by atoms with Crippen LogP contribution in [0.25, 0.3) is 0 Å². The van der Waals surface area contributed by atoms with E-state index < -0.39 is 0 Å². The van der Waals surface area contributed by atoms with E-state index in [1.807, 2.05) is 13.1 Å². The highest BCUT2D eigenvalue weighted by atomic mass is 16.5. The first-order chi connectivity index (χ1) is 7.13. The normalized spacial score (nSPS) is 12.8. The SMILES string of the molecule is CNC(COc1ccnc(N)c1)C(C)C. The van der Waals surface area contributed by atoms with E-state index in [4.69, 9.17) is 10.5 Å². The third kappa shape index (κ3) is 3.75. The summed E-state index contributed by atoms with van der Waals surface area (Å²) < 4.78 is 5.62. The second-order valence-corrected chi connectivity index (χ2v) is 3.87. The lowest BCUT2D eigenvalue weighted by Gasteiger charge is -2.20. The molecule has 1 aromatic heterocycles. The minimum Gasteiger partial charge on any atom is -0.492 e. The van der Waals surface area contributed by atoms with Gasteiger partial charge in [-0.15, -0.1) is 0 Å². The summed E-state index contributed by atoms with van der Waals surface area (Å²) in [4.78, 5) is 3.90. The Morgan fingerprint density at radius 1 is 1.53 bits per heavy atom. The van der Waals surface area contributed by atoms with Gasteiger partial charge in [-0.25, -0.2) is 4.98 Å². The van der Waals surface area contributed by atoms with Crippen LogP contribution < -0.4 is 15.8 Å². The Kier molecular flexibility index (Phi) is 4.37. The van der Waals surface area contributed by atoms with Crippen LogP contribution in [0.3, 0.4) is 0 Å². The zero-order valence-corrected chi connectivity index (χ0v) is 9.53. The molecule has 4 heteroatoms. The summed E-state index contributed by atoms with van der Waals surface area (Å²) in [6.07, 6.45) is 1.65. The average molecular weight is 209 g/mol. The molecule has 4 nitrogen and oxygen atoms in total. The highest BCUT2D eigenvalue weighted by Crippen LogP contribution is 2.13. The molecular weight excluding hydrogens is 190 g/mol. The van der Waals surface area contributed by atoms with Crippen LogP contribution in [0.15, 0.2) is 18.3 Å². The van der Waals surface area contributed by atoms with Crippen LogP contribution in [0, 0.1) is 5.92 Å². The number of nitrogens with one attached hydrogen (secondary N) is 1. The number of nitrogen functional groups attached to an aromatic ring is 1. The lowest BCUT2D eigenvalue weighted by atomic mass is 10.1. The standard InChI is InChI=1S/C11H19N3O/c1-8(2)10(13-3)7-15-9-4-5-14-11(12)6-9/h4-6,8,10,13H,7H2,1-3H3,(H2,12,14). The van der Waals surface area contributed by atoms with Crippen molar-refractivity contribution in [1.29, 1.82) is 0 Å². The summed E-state index contributed by atoms with van der Waals surface area (Å²) in [5.74, 6) is 1.79. The quantitative estimate of drug-likeness (QED) is 0.767. The molecular formula is C11H19N3O. The third-order valence-corrected chi connectivity index (χ3v) is 2.36. The van der Waals surface area contributed by atoms with Crippen LogP contribution in [-0.2, 0) is 0 Å². The number of hydrogen-bond donors (Lipinski definition) is 2. The Morgan fingerprint density at radius 3 is 2.80 bits per heavy atom. The minimum atomic E-state index is 0.347. The van der Waals surface area contributed by atoms with E-state index in [2.05, 4.69) is 24.1 Å².